The quantitative estimate of drug-likeness (QED) is 0.662. The average molecular weight is 241 g/mol. The summed E-state index contributed by atoms with van der Waals surface area (Å²) in [4.78, 5) is 24.8. The van der Waals surface area contributed by atoms with Crippen LogP contribution in [0.3, 0.4) is 0 Å². The van der Waals surface area contributed by atoms with E-state index in [2.05, 4.69) is 15.5 Å². The van der Waals surface area contributed by atoms with E-state index in [-0.39, 0.29) is 22.0 Å². The van der Waals surface area contributed by atoms with Gasteiger partial charge in [0.1, 0.15) is 6.04 Å². The van der Waals surface area contributed by atoms with Gasteiger partial charge < -0.3 is 16.0 Å². The van der Waals surface area contributed by atoms with Gasteiger partial charge in [-0.15, -0.1) is 10.2 Å². The summed E-state index contributed by atoms with van der Waals surface area (Å²) in [6, 6.07) is -0.480. The predicted molar refractivity (Wildman–Crippen MR) is 57.8 cm³/mol. The Hall–Kier alpha value is -1.70. The Morgan fingerprint density at radius 1 is 1.62 bits per heavy atom. The first-order valence-corrected chi connectivity index (χ1v) is 5.59. The molecule has 1 aliphatic rings. The van der Waals surface area contributed by atoms with Crippen LogP contribution in [0.25, 0.3) is 0 Å². The van der Waals surface area contributed by atoms with Crippen LogP contribution in [0.4, 0.5) is 5.13 Å². The van der Waals surface area contributed by atoms with Gasteiger partial charge in [-0.25, -0.2) is 0 Å². The maximum Gasteiger partial charge on any atom is 0.285 e. The van der Waals surface area contributed by atoms with E-state index >= 15 is 0 Å². The van der Waals surface area contributed by atoms with E-state index < -0.39 is 6.04 Å². The normalized spacial score (nSPS) is 20.7. The van der Waals surface area contributed by atoms with Crippen LogP contribution in [0.15, 0.2) is 0 Å². The molecule has 1 unspecified atom stereocenters. The number of amides is 2. The Bertz CT molecular complexity index is 432. The molecule has 16 heavy (non-hydrogen) atoms. The molecular formula is C8H11N5O2S. The third-order valence-corrected chi connectivity index (χ3v) is 3.12. The van der Waals surface area contributed by atoms with Crippen molar-refractivity contribution < 1.29 is 9.59 Å². The largest absolute Gasteiger partial charge is 0.374 e. The monoisotopic (exact) mass is 241 g/mol. The van der Waals surface area contributed by atoms with Crippen LogP contribution in [0.5, 0.6) is 0 Å². The number of nitrogens with two attached hydrogens (primary N) is 1. The second-order valence-corrected chi connectivity index (χ2v) is 4.42. The summed E-state index contributed by atoms with van der Waals surface area (Å²) < 4.78 is 0. The van der Waals surface area contributed by atoms with E-state index in [1.807, 2.05) is 0 Å². The molecule has 1 fully saturated rings. The number of anilines is 1. The van der Waals surface area contributed by atoms with E-state index in [9.17, 15) is 9.59 Å². The smallest absolute Gasteiger partial charge is 0.285 e. The van der Waals surface area contributed by atoms with Gasteiger partial charge in [-0.3, -0.25) is 9.59 Å². The summed E-state index contributed by atoms with van der Waals surface area (Å²) in [5.74, 6) is -0.450. The van der Waals surface area contributed by atoms with Crippen molar-refractivity contribution in [2.75, 3.05) is 18.8 Å². The highest BCUT2D eigenvalue weighted by Crippen LogP contribution is 2.16. The van der Waals surface area contributed by atoms with Crippen LogP contribution >= 0.6 is 11.3 Å². The molecule has 2 heterocycles. The third-order valence-electron chi connectivity index (χ3n) is 2.38. The molecule has 86 valence electrons. The number of hydrogen-bond acceptors (Lipinski definition) is 6. The zero-order valence-corrected chi connectivity index (χ0v) is 9.45. The minimum atomic E-state index is -0.480. The molecule has 1 atom stereocenters. The Labute approximate surface area is 95.6 Å². The summed E-state index contributed by atoms with van der Waals surface area (Å²) in [7, 11) is 0. The minimum absolute atomic E-state index is 0.155. The van der Waals surface area contributed by atoms with Gasteiger partial charge in [-0.2, -0.15) is 0 Å². The lowest BCUT2D eigenvalue weighted by molar-refractivity contribution is -0.127. The SMILES string of the molecule is CC1C(=O)NCCN1C(=O)c1nnc(N)s1. The molecule has 7 nitrogen and oxygen atoms in total. The summed E-state index contributed by atoms with van der Waals surface area (Å²) in [6.45, 7) is 2.62. The van der Waals surface area contributed by atoms with E-state index in [1.54, 1.807) is 6.92 Å². The lowest BCUT2D eigenvalue weighted by atomic mass is 10.2. The molecule has 0 radical (unpaired) electrons. The summed E-state index contributed by atoms with van der Waals surface area (Å²) >= 11 is 1.03. The number of aromatic nitrogens is 2. The van der Waals surface area contributed by atoms with Crippen molar-refractivity contribution in [2.45, 2.75) is 13.0 Å². The molecule has 2 amide bonds. The maximum absolute atomic E-state index is 12.0. The molecule has 0 aliphatic carbocycles. The minimum Gasteiger partial charge on any atom is -0.374 e. The zero-order chi connectivity index (χ0) is 11.7. The predicted octanol–water partition coefficient (Wildman–Crippen LogP) is -0.919. The second kappa shape index (κ2) is 4.05. The standard InChI is InChI=1S/C8H11N5O2S/c1-4-5(14)10-2-3-13(4)7(15)6-11-12-8(9)16-6/h4H,2-3H2,1H3,(H2,9,12)(H,10,14). The fraction of sp³-hybridized carbons (Fsp3) is 0.500. The van der Waals surface area contributed by atoms with Crippen molar-refractivity contribution in [3.63, 3.8) is 0 Å². The first kappa shape index (κ1) is 10.8. The molecule has 2 rings (SSSR count). The molecule has 1 aliphatic heterocycles. The molecular weight excluding hydrogens is 230 g/mol. The molecule has 0 saturated carbocycles. The molecule has 1 aromatic rings. The van der Waals surface area contributed by atoms with Gasteiger partial charge in [0.2, 0.25) is 16.0 Å². The fourth-order valence-electron chi connectivity index (χ4n) is 1.50. The average Bonchev–Trinajstić information content (AvgIpc) is 2.68. The van der Waals surface area contributed by atoms with Gasteiger partial charge in [0, 0.05) is 13.1 Å². The number of piperazine rings is 1. The molecule has 3 N–H and O–H groups in total. The van der Waals surface area contributed by atoms with E-state index in [1.165, 1.54) is 4.90 Å². The Kier molecular flexibility index (Phi) is 2.73. The fourth-order valence-corrected chi connectivity index (χ4v) is 2.07. The summed E-state index contributed by atoms with van der Waals surface area (Å²) in [5, 5.41) is 10.4. The lowest BCUT2D eigenvalue weighted by Gasteiger charge is -2.31. The van der Waals surface area contributed by atoms with Crippen LogP contribution in [-0.4, -0.2) is 46.0 Å². The summed E-state index contributed by atoms with van der Waals surface area (Å²) in [5.41, 5.74) is 5.40. The molecule has 8 heteroatoms. The molecule has 0 spiro atoms. The first-order chi connectivity index (χ1) is 7.59. The van der Waals surface area contributed by atoms with E-state index in [0.717, 1.165) is 11.3 Å². The van der Waals surface area contributed by atoms with Crippen molar-refractivity contribution in [1.82, 2.24) is 20.4 Å². The van der Waals surface area contributed by atoms with Crippen LogP contribution in [0.1, 0.15) is 16.7 Å². The lowest BCUT2D eigenvalue weighted by Crippen LogP contribution is -2.55. The summed E-state index contributed by atoms with van der Waals surface area (Å²) in [6.07, 6.45) is 0. The van der Waals surface area contributed by atoms with Crippen molar-refractivity contribution >= 4 is 28.3 Å². The number of nitrogen functional groups attached to an aromatic ring is 1. The van der Waals surface area contributed by atoms with Gasteiger partial charge in [0.15, 0.2) is 0 Å². The van der Waals surface area contributed by atoms with Gasteiger partial charge in [-0.05, 0) is 6.92 Å². The van der Waals surface area contributed by atoms with E-state index in [0.29, 0.717) is 13.1 Å². The van der Waals surface area contributed by atoms with Crippen molar-refractivity contribution in [2.24, 2.45) is 0 Å². The van der Waals surface area contributed by atoms with Crippen LogP contribution in [0, 0.1) is 0 Å². The van der Waals surface area contributed by atoms with Gasteiger partial charge >= 0.3 is 0 Å². The molecule has 1 aromatic heterocycles. The van der Waals surface area contributed by atoms with Crippen molar-refractivity contribution in [3.05, 3.63) is 5.01 Å². The highest BCUT2D eigenvalue weighted by Gasteiger charge is 2.31. The number of hydrogen-bond donors (Lipinski definition) is 2. The Morgan fingerprint density at radius 2 is 2.38 bits per heavy atom. The number of carbonyl (C=O) groups is 2. The molecule has 1 saturated heterocycles. The highest BCUT2D eigenvalue weighted by molar-refractivity contribution is 7.16. The first-order valence-electron chi connectivity index (χ1n) is 4.77. The number of carbonyl (C=O) groups excluding carboxylic acids is 2. The van der Waals surface area contributed by atoms with Crippen molar-refractivity contribution in [1.29, 1.82) is 0 Å². The van der Waals surface area contributed by atoms with Gasteiger partial charge in [0.25, 0.3) is 5.91 Å². The Balaban J connectivity index is 2.18. The molecule has 0 aromatic carbocycles. The van der Waals surface area contributed by atoms with Crippen LogP contribution in [0.2, 0.25) is 0 Å². The number of nitrogens with one attached hydrogen (secondary N) is 1. The highest BCUT2D eigenvalue weighted by atomic mass is 32.1. The van der Waals surface area contributed by atoms with Crippen LogP contribution in [-0.2, 0) is 4.79 Å². The van der Waals surface area contributed by atoms with E-state index in [4.69, 9.17) is 5.73 Å². The van der Waals surface area contributed by atoms with Gasteiger partial charge in [0.05, 0.1) is 0 Å². The number of rotatable bonds is 1. The topological polar surface area (TPSA) is 101 Å². The van der Waals surface area contributed by atoms with Crippen LogP contribution < -0.4 is 11.1 Å². The second-order valence-electron chi connectivity index (χ2n) is 3.41. The Morgan fingerprint density at radius 3 is 3.00 bits per heavy atom. The number of nitrogens with zero attached hydrogens (tertiary/aromatic N) is 3. The van der Waals surface area contributed by atoms with Gasteiger partial charge in [-0.1, -0.05) is 11.3 Å². The molecule has 0 bridgehead atoms. The maximum atomic E-state index is 12.0. The van der Waals surface area contributed by atoms with Crippen molar-refractivity contribution in [3.8, 4) is 0 Å². The third kappa shape index (κ3) is 1.83. The zero-order valence-electron chi connectivity index (χ0n) is 8.64.